The summed E-state index contributed by atoms with van der Waals surface area (Å²) in [6.45, 7) is 19.4. The molecule has 3 rings (SSSR count). The first-order valence-electron chi connectivity index (χ1n) is 12.5. The fraction of sp³-hybridized carbons (Fsp3) is 0.786. The van der Waals surface area contributed by atoms with Crippen molar-refractivity contribution in [1.82, 2.24) is 0 Å². The third-order valence-corrected chi connectivity index (χ3v) is 10.0. The average Bonchev–Trinajstić information content (AvgIpc) is 3.21. The summed E-state index contributed by atoms with van der Waals surface area (Å²) < 4.78 is 0. The van der Waals surface area contributed by atoms with Crippen LogP contribution in [0, 0.1) is 6.07 Å². The number of hydrogen-bond donors (Lipinski definition) is 0. The van der Waals surface area contributed by atoms with E-state index in [0.29, 0.717) is 21.7 Å². The molecule has 0 radical (unpaired) electrons. The van der Waals surface area contributed by atoms with E-state index in [2.05, 4.69) is 67.5 Å². The molecule has 0 nitrogen and oxygen atoms in total. The van der Waals surface area contributed by atoms with E-state index in [4.69, 9.17) is 0 Å². The molecular weight excluding hydrogens is 343 g/mol. The van der Waals surface area contributed by atoms with Crippen molar-refractivity contribution in [3.63, 3.8) is 0 Å². The molecule has 1 aromatic carbocycles. The van der Waals surface area contributed by atoms with Crippen LogP contribution in [0.15, 0.2) is 6.07 Å². The largest absolute Gasteiger partial charge is 1.00 e. The van der Waals surface area contributed by atoms with Gasteiger partial charge in [-0.1, -0.05) is 81.1 Å². The topological polar surface area (TPSA) is 0 Å². The summed E-state index contributed by atoms with van der Waals surface area (Å²) in [5.41, 5.74) is 8.03. The molecule has 2 aliphatic rings. The van der Waals surface area contributed by atoms with Crippen molar-refractivity contribution in [2.75, 3.05) is 0 Å². The van der Waals surface area contributed by atoms with Gasteiger partial charge in [-0.2, -0.15) is 23.3 Å². The SMILES string of the molecule is CCC1(CC)CC(CC)(CC)c2cc3c([c-]c21)C(CC)(CC)CC3(CC)CC.[Li+]. The number of rotatable bonds is 8. The van der Waals surface area contributed by atoms with Gasteiger partial charge >= 0.3 is 18.9 Å². The predicted molar refractivity (Wildman–Crippen MR) is 124 cm³/mol. The van der Waals surface area contributed by atoms with Gasteiger partial charge in [0.1, 0.15) is 0 Å². The van der Waals surface area contributed by atoms with Gasteiger partial charge in [0.25, 0.3) is 0 Å². The molecule has 0 amide bonds. The molecule has 158 valence electrons. The summed E-state index contributed by atoms with van der Waals surface area (Å²) in [5, 5.41) is 0. The van der Waals surface area contributed by atoms with Crippen LogP contribution < -0.4 is 18.9 Å². The zero-order valence-corrected chi connectivity index (χ0v) is 21.1. The van der Waals surface area contributed by atoms with E-state index in [1.807, 2.05) is 0 Å². The van der Waals surface area contributed by atoms with Crippen molar-refractivity contribution in [3.05, 3.63) is 34.4 Å². The Kier molecular flexibility index (Phi) is 7.57. The second-order valence-electron chi connectivity index (χ2n) is 10.1. The molecule has 1 aromatic rings. The monoisotopic (exact) mass is 388 g/mol. The van der Waals surface area contributed by atoms with E-state index in [1.54, 1.807) is 22.3 Å². The molecule has 0 atom stereocenters. The molecule has 29 heavy (non-hydrogen) atoms. The molecule has 2 aliphatic carbocycles. The van der Waals surface area contributed by atoms with Crippen LogP contribution in [-0.2, 0) is 21.7 Å². The van der Waals surface area contributed by atoms with Gasteiger partial charge in [-0.05, 0) is 60.2 Å². The van der Waals surface area contributed by atoms with Crippen molar-refractivity contribution in [3.8, 4) is 0 Å². The molecule has 0 aliphatic heterocycles. The maximum atomic E-state index is 4.24. The zero-order valence-electron chi connectivity index (χ0n) is 21.1. The van der Waals surface area contributed by atoms with Crippen molar-refractivity contribution in [2.45, 2.75) is 141 Å². The van der Waals surface area contributed by atoms with E-state index >= 15 is 0 Å². The van der Waals surface area contributed by atoms with E-state index in [1.165, 1.54) is 64.2 Å². The summed E-state index contributed by atoms with van der Waals surface area (Å²) >= 11 is 0. The third kappa shape index (κ3) is 3.23. The van der Waals surface area contributed by atoms with Crippen molar-refractivity contribution in [2.24, 2.45) is 0 Å². The van der Waals surface area contributed by atoms with Gasteiger partial charge in [0, 0.05) is 0 Å². The number of fused-ring (bicyclic) bond motifs is 2. The van der Waals surface area contributed by atoms with Gasteiger partial charge in [0.2, 0.25) is 0 Å². The quantitative estimate of drug-likeness (QED) is 0.406. The zero-order chi connectivity index (χ0) is 20.8. The Morgan fingerprint density at radius 2 is 0.828 bits per heavy atom. The number of benzene rings is 1. The first-order valence-corrected chi connectivity index (χ1v) is 12.5. The van der Waals surface area contributed by atoms with Crippen molar-refractivity contribution in [1.29, 1.82) is 0 Å². The van der Waals surface area contributed by atoms with Crippen LogP contribution in [-0.4, -0.2) is 0 Å². The molecule has 0 N–H and O–H groups in total. The van der Waals surface area contributed by atoms with Crippen LogP contribution in [0.5, 0.6) is 0 Å². The third-order valence-electron chi connectivity index (χ3n) is 10.0. The van der Waals surface area contributed by atoms with E-state index in [-0.39, 0.29) is 18.9 Å². The van der Waals surface area contributed by atoms with Crippen molar-refractivity contribution < 1.29 is 18.9 Å². The molecule has 1 heteroatoms. The maximum absolute atomic E-state index is 4.24. The molecular formula is C28H45Li. The minimum Gasteiger partial charge on any atom is -0.175 e. The molecule has 0 aromatic heterocycles. The first kappa shape index (κ1) is 25.1. The first-order chi connectivity index (χ1) is 13.4. The Bertz CT molecular complexity index is 581. The standard InChI is InChI=1S/C28H45.Li/c1-9-25(10-2)19-26(11-3,12-4)22-18-24-23(17-21(22)25)27(13-5,14-6)20-28(24,15-7)16-8;/h17H,9-16,19-20H2,1-8H3;/q-1;+1. The van der Waals surface area contributed by atoms with Gasteiger partial charge in [0.15, 0.2) is 0 Å². The van der Waals surface area contributed by atoms with Gasteiger partial charge in [-0.3, -0.25) is 0 Å². The normalized spacial score (nSPS) is 22.1. The second-order valence-corrected chi connectivity index (χ2v) is 10.1. The molecule has 0 spiro atoms. The molecule has 0 fully saturated rings. The van der Waals surface area contributed by atoms with E-state index in [0.717, 1.165) is 0 Å². The van der Waals surface area contributed by atoms with Crippen molar-refractivity contribution >= 4 is 0 Å². The molecule has 0 bridgehead atoms. The summed E-state index contributed by atoms with van der Waals surface area (Å²) in [6, 6.07) is 6.98. The molecule has 0 saturated heterocycles. The predicted octanol–water partition coefficient (Wildman–Crippen LogP) is 5.53. The van der Waals surface area contributed by atoms with Crippen LogP contribution >= 0.6 is 0 Å². The average molecular weight is 389 g/mol. The van der Waals surface area contributed by atoms with Gasteiger partial charge in [-0.15, -0.1) is 11.1 Å². The maximum Gasteiger partial charge on any atom is 1.00 e. The molecule has 0 unspecified atom stereocenters. The van der Waals surface area contributed by atoms with Crippen LogP contribution in [0.25, 0.3) is 0 Å². The minimum absolute atomic E-state index is 0. The van der Waals surface area contributed by atoms with Gasteiger partial charge < -0.3 is 0 Å². The second kappa shape index (κ2) is 8.75. The van der Waals surface area contributed by atoms with Crippen LogP contribution in [0.4, 0.5) is 0 Å². The summed E-state index contributed by atoms with van der Waals surface area (Å²) in [5.74, 6) is 0. The summed E-state index contributed by atoms with van der Waals surface area (Å²) in [6.07, 6.45) is 12.8. The van der Waals surface area contributed by atoms with Crippen LogP contribution in [0.3, 0.4) is 0 Å². The Labute approximate surface area is 194 Å². The Balaban J connectivity index is 0.00000300. The molecule has 0 heterocycles. The van der Waals surface area contributed by atoms with Gasteiger partial charge in [-0.25, -0.2) is 0 Å². The van der Waals surface area contributed by atoms with Crippen LogP contribution in [0.2, 0.25) is 0 Å². The van der Waals surface area contributed by atoms with E-state index < -0.39 is 0 Å². The Morgan fingerprint density at radius 1 is 0.552 bits per heavy atom. The number of hydrogen-bond acceptors (Lipinski definition) is 0. The Morgan fingerprint density at radius 3 is 1.07 bits per heavy atom. The van der Waals surface area contributed by atoms with E-state index in [9.17, 15) is 0 Å². The summed E-state index contributed by atoms with van der Waals surface area (Å²) in [7, 11) is 0. The smallest absolute Gasteiger partial charge is 0.175 e. The fourth-order valence-electron chi connectivity index (χ4n) is 7.35. The molecule has 0 saturated carbocycles. The Hall–Kier alpha value is -0.183. The van der Waals surface area contributed by atoms with Crippen LogP contribution in [0.1, 0.15) is 142 Å². The summed E-state index contributed by atoms with van der Waals surface area (Å²) in [4.78, 5) is 0. The fourth-order valence-corrected chi connectivity index (χ4v) is 7.35. The minimum atomic E-state index is 0. The van der Waals surface area contributed by atoms with Gasteiger partial charge in [0.05, 0.1) is 0 Å².